The van der Waals surface area contributed by atoms with E-state index < -0.39 is 12.2 Å². The first-order chi connectivity index (χ1) is 9.58. The highest BCUT2D eigenvalue weighted by Crippen LogP contribution is 2.14. The van der Waals surface area contributed by atoms with E-state index in [1.54, 1.807) is 7.05 Å². The Balaban J connectivity index is 2.57. The summed E-state index contributed by atoms with van der Waals surface area (Å²) in [6.07, 6.45) is -0.668. The SMILES string of the molecule is CCC(Oc1ccccc1)C(=O)N(C)CC(O)COC. The van der Waals surface area contributed by atoms with Crippen LogP contribution in [0.4, 0.5) is 0 Å². The predicted molar refractivity (Wildman–Crippen MR) is 76.7 cm³/mol. The van der Waals surface area contributed by atoms with Gasteiger partial charge in [-0.2, -0.15) is 0 Å². The molecular formula is C15H23NO4. The maximum Gasteiger partial charge on any atom is 0.263 e. The highest BCUT2D eigenvalue weighted by Gasteiger charge is 2.23. The number of carbonyl (C=O) groups excluding carboxylic acids is 1. The number of benzene rings is 1. The molecule has 1 amide bonds. The highest BCUT2D eigenvalue weighted by atomic mass is 16.5. The second kappa shape index (κ2) is 8.55. The number of ether oxygens (including phenoxy) is 2. The van der Waals surface area contributed by atoms with Crippen molar-refractivity contribution in [1.29, 1.82) is 0 Å². The van der Waals surface area contributed by atoms with Crippen LogP contribution in [0, 0.1) is 0 Å². The third kappa shape index (κ3) is 5.19. The zero-order chi connectivity index (χ0) is 15.0. The zero-order valence-corrected chi connectivity index (χ0v) is 12.3. The average Bonchev–Trinajstić information content (AvgIpc) is 2.45. The van der Waals surface area contributed by atoms with Crippen LogP contribution in [0.5, 0.6) is 5.75 Å². The normalized spacial score (nSPS) is 13.6. The van der Waals surface area contributed by atoms with E-state index in [0.29, 0.717) is 12.2 Å². The molecule has 0 saturated heterocycles. The van der Waals surface area contributed by atoms with Crippen molar-refractivity contribution < 1.29 is 19.4 Å². The Bertz CT molecular complexity index is 396. The van der Waals surface area contributed by atoms with Gasteiger partial charge in [-0.1, -0.05) is 25.1 Å². The van der Waals surface area contributed by atoms with Crippen molar-refractivity contribution in [1.82, 2.24) is 4.90 Å². The van der Waals surface area contributed by atoms with Crippen molar-refractivity contribution >= 4 is 5.91 Å². The molecular weight excluding hydrogens is 258 g/mol. The van der Waals surface area contributed by atoms with Crippen LogP contribution in [-0.2, 0) is 9.53 Å². The minimum absolute atomic E-state index is 0.147. The summed E-state index contributed by atoms with van der Waals surface area (Å²) in [7, 11) is 3.16. The standard InChI is InChI=1S/C15H23NO4/c1-4-14(20-13-8-6-5-7-9-13)15(18)16(2)10-12(17)11-19-3/h5-9,12,14,17H,4,10-11H2,1-3H3. The summed E-state index contributed by atoms with van der Waals surface area (Å²) >= 11 is 0. The Morgan fingerprint density at radius 1 is 1.35 bits per heavy atom. The van der Waals surface area contributed by atoms with Gasteiger partial charge in [-0.15, -0.1) is 0 Å². The molecule has 0 aromatic heterocycles. The van der Waals surface area contributed by atoms with Gasteiger partial charge >= 0.3 is 0 Å². The van der Waals surface area contributed by atoms with Crippen LogP contribution in [-0.4, -0.2) is 55.4 Å². The first-order valence-corrected chi connectivity index (χ1v) is 6.72. The van der Waals surface area contributed by atoms with Crippen LogP contribution in [0.1, 0.15) is 13.3 Å². The van der Waals surface area contributed by atoms with E-state index in [1.807, 2.05) is 37.3 Å². The molecule has 0 heterocycles. The lowest BCUT2D eigenvalue weighted by Gasteiger charge is -2.25. The number of hydrogen-bond donors (Lipinski definition) is 1. The monoisotopic (exact) mass is 281 g/mol. The Hall–Kier alpha value is -1.59. The van der Waals surface area contributed by atoms with Crippen LogP contribution < -0.4 is 4.74 Å². The molecule has 0 saturated carbocycles. The van der Waals surface area contributed by atoms with Crippen LogP contribution in [0.3, 0.4) is 0 Å². The van der Waals surface area contributed by atoms with Gasteiger partial charge in [0.2, 0.25) is 0 Å². The van der Waals surface area contributed by atoms with Gasteiger partial charge in [0.15, 0.2) is 6.10 Å². The third-order valence-corrected chi connectivity index (χ3v) is 2.89. The Kier molecular flexibility index (Phi) is 7.04. The van der Waals surface area contributed by atoms with E-state index in [9.17, 15) is 9.90 Å². The maximum absolute atomic E-state index is 12.3. The van der Waals surface area contributed by atoms with Crippen molar-refractivity contribution in [2.75, 3.05) is 27.3 Å². The molecule has 1 N–H and O–H groups in total. The lowest BCUT2D eigenvalue weighted by molar-refractivity contribution is -0.139. The van der Waals surface area contributed by atoms with Gasteiger partial charge in [-0.05, 0) is 18.6 Å². The molecule has 2 unspecified atom stereocenters. The Labute approximate surface area is 120 Å². The lowest BCUT2D eigenvalue weighted by atomic mass is 10.2. The summed E-state index contributed by atoms with van der Waals surface area (Å²) in [5.74, 6) is 0.519. The smallest absolute Gasteiger partial charge is 0.263 e. The summed E-state index contributed by atoms with van der Waals surface area (Å²) in [5.41, 5.74) is 0. The second-order valence-electron chi connectivity index (χ2n) is 4.66. The summed E-state index contributed by atoms with van der Waals surface area (Å²) < 4.78 is 10.5. The molecule has 112 valence electrons. The summed E-state index contributed by atoms with van der Waals surface area (Å²) in [6, 6.07) is 9.24. The number of hydrogen-bond acceptors (Lipinski definition) is 4. The molecule has 0 aliphatic rings. The minimum Gasteiger partial charge on any atom is -0.481 e. The molecule has 0 aliphatic heterocycles. The second-order valence-corrected chi connectivity index (χ2v) is 4.66. The fraction of sp³-hybridized carbons (Fsp3) is 0.533. The van der Waals surface area contributed by atoms with Gasteiger partial charge in [0.25, 0.3) is 5.91 Å². The van der Waals surface area contributed by atoms with Gasteiger partial charge in [-0.25, -0.2) is 0 Å². The fourth-order valence-electron chi connectivity index (χ4n) is 1.87. The first kappa shape index (κ1) is 16.5. The van der Waals surface area contributed by atoms with Crippen molar-refractivity contribution in [2.24, 2.45) is 0 Å². The van der Waals surface area contributed by atoms with Crippen molar-refractivity contribution in [3.05, 3.63) is 30.3 Å². The summed E-state index contributed by atoms with van der Waals surface area (Å²) in [5, 5.41) is 9.65. The molecule has 0 bridgehead atoms. The van der Waals surface area contributed by atoms with Gasteiger partial charge in [0, 0.05) is 20.7 Å². The van der Waals surface area contributed by atoms with Gasteiger partial charge in [-0.3, -0.25) is 4.79 Å². The van der Waals surface area contributed by atoms with Crippen LogP contribution in [0.15, 0.2) is 30.3 Å². The molecule has 5 heteroatoms. The van der Waals surface area contributed by atoms with E-state index in [4.69, 9.17) is 9.47 Å². The number of aliphatic hydroxyl groups excluding tert-OH is 1. The van der Waals surface area contributed by atoms with E-state index in [2.05, 4.69) is 0 Å². The van der Waals surface area contributed by atoms with Crippen molar-refractivity contribution in [2.45, 2.75) is 25.6 Å². The number of aliphatic hydroxyl groups is 1. The van der Waals surface area contributed by atoms with Gasteiger partial charge < -0.3 is 19.5 Å². The summed E-state index contributed by atoms with van der Waals surface area (Å²) in [6.45, 7) is 2.32. The first-order valence-electron chi connectivity index (χ1n) is 6.72. The van der Waals surface area contributed by atoms with Crippen LogP contribution in [0.2, 0.25) is 0 Å². The van der Waals surface area contributed by atoms with E-state index in [0.717, 1.165) is 0 Å². The van der Waals surface area contributed by atoms with E-state index in [1.165, 1.54) is 12.0 Å². The third-order valence-electron chi connectivity index (χ3n) is 2.89. The fourth-order valence-corrected chi connectivity index (χ4v) is 1.87. The van der Waals surface area contributed by atoms with E-state index in [-0.39, 0.29) is 19.1 Å². The topological polar surface area (TPSA) is 59.0 Å². The largest absolute Gasteiger partial charge is 0.481 e. The number of carbonyl (C=O) groups is 1. The molecule has 5 nitrogen and oxygen atoms in total. The molecule has 1 aromatic rings. The molecule has 0 fully saturated rings. The average molecular weight is 281 g/mol. The quantitative estimate of drug-likeness (QED) is 0.780. The van der Waals surface area contributed by atoms with Gasteiger partial charge in [0.1, 0.15) is 5.75 Å². The van der Waals surface area contributed by atoms with Crippen molar-refractivity contribution in [3.63, 3.8) is 0 Å². The Morgan fingerprint density at radius 3 is 2.55 bits per heavy atom. The highest BCUT2D eigenvalue weighted by molar-refractivity contribution is 5.81. The van der Waals surface area contributed by atoms with Crippen LogP contribution in [0.25, 0.3) is 0 Å². The molecule has 0 spiro atoms. The van der Waals surface area contributed by atoms with E-state index >= 15 is 0 Å². The molecule has 1 rings (SSSR count). The Morgan fingerprint density at radius 2 is 2.00 bits per heavy atom. The molecule has 0 aliphatic carbocycles. The number of para-hydroxylation sites is 1. The minimum atomic E-state index is -0.691. The van der Waals surface area contributed by atoms with Crippen LogP contribution >= 0.6 is 0 Å². The lowest BCUT2D eigenvalue weighted by Crippen LogP contribution is -2.43. The molecule has 20 heavy (non-hydrogen) atoms. The molecule has 0 radical (unpaired) electrons. The number of amides is 1. The number of nitrogens with zero attached hydrogens (tertiary/aromatic N) is 1. The zero-order valence-electron chi connectivity index (χ0n) is 12.3. The van der Waals surface area contributed by atoms with Gasteiger partial charge in [0.05, 0.1) is 12.7 Å². The predicted octanol–water partition coefficient (Wildman–Crippen LogP) is 1.31. The molecule has 1 aromatic carbocycles. The maximum atomic E-state index is 12.3. The molecule has 2 atom stereocenters. The number of rotatable bonds is 8. The van der Waals surface area contributed by atoms with Crippen molar-refractivity contribution in [3.8, 4) is 5.75 Å². The summed E-state index contributed by atoms with van der Waals surface area (Å²) in [4.78, 5) is 13.7. The number of likely N-dealkylation sites (N-methyl/N-ethyl adjacent to an activating group) is 1. The number of methoxy groups -OCH3 is 1.